The lowest BCUT2D eigenvalue weighted by molar-refractivity contribution is -0.384. The molecule has 0 fully saturated rings. The zero-order valence-electron chi connectivity index (χ0n) is 14.0. The van der Waals surface area contributed by atoms with E-state index in [-0.39, 0.29) is 16.3 Å². The molecule has 0 atom stereocenters. The molecule has 0 unspecified atom stereocenters. The van der Waals surface area contributed by atoms with Crippen LogP contribution in [0.1, 0.15) is 5.69 Å². The summed E-state index contributed by atoms with van der Waals surface area (Å²) in [7, 11) is -4.00. The Labute approximate surface area is 159 Å². The van der Waals surface area contributed by atoms with Gasteiger partial charge in [0.2, 0.25) is 10.0 Å². The van der Waals surface area contributed by atoms with Crippen molar-refractivity contribution in [3.05, 3.63) is 69.7 Å². The smallest absolute Gasteiger partial charge is 0.293 e. The normalized spacial score (nSPS) is 11.3. The topological polar surface area (TPSA) is 128 Å². The van der Waals surface area contributed by atoms with Crippen molar-refractivity contribution in [2.24, 2.45) is 5.14 Å². The first-order valence-corrected chi connectivity index (χ1v) is 10.3. The van der Waals surface area contributed by atoms with E-state index < -0.39 is 14.9 Å². The van der Waals surface area contributed by atoms with E-state index in [1.54, 1.807) is 0 Å². The molecule has 0 aliphatic carbocycles. The third-order valence-electron chi connectivity index (χ3n) is 3.76. The monoisotopic (exact) mass is 404 g/mol. The van der Waals surface area contributed by atoms with Crippen molar-refractivity contribution in [2.75, 3.05) is 11.9 Å². The van der Waals surface area contributed by atoms with E-state index in [1.165, 1.54) is 23.5 Å². The first-order valence-electron chi connectivity index (χ1n) is 7.89. The van der Waals surface area contributed by atoms with Crippen LogP contribution >= 0.6 is 11.3 Å². The number of nitrogens with two attached hydrogens (primary N) is 1. The minimum absolute atomic E-state index is 0.228. The fourth-order valence-electron chi connectivity index (χ4n) is 2.45. The molecule has 0 spiro atoms. The van der Waals surface area contributed by atoms with Crippen LogP contribution in [-0.2, 0) is 16.4 Å². The highest BCUT2D eigenvalue weighted by atomic mass is 32.2. The summed E-state index contributed by atoms with van der Waals surface area (Å²) >= 11 is 1.53. The average Bonchev–Trinajstić information content (AvgIpc) is 3.10. The van der Waals surface area contributed by atoms with Gasteiger partial charge in [-0.15, -0.1) is 11.3 Å². The van der Waals surface area contributed by atoms with Crippen molar-refractivity contribution in [2.45, 2.75) is 11.3 Å². The number of nitro benzene ring substituents is 1. The molecule has 1 aromatic heterocycles. The molecule has 3 N–H and O–H groups in total. The van der Waals surface area contributed by atoms with Gasteiger partial charge in [0.15, 0.2) is 0 Å². The number of thiazole rings is 1. The summed E-state index contributed by atoms with van der Waals surface area (Å²) in [4.78, 5) is 14.8. The summed E-state index contributed by atoms with van der Waals surface area (Å²) in [6.07, 6.45) is 0.567. The van der Waals surface area contributed by atoms with Crippen molar-refractivity contribution in [1.82, 2.24) is 4.98 Å². The number of nitrogens with zero attached hydrogens (tertiary/aromatic N) is 2. The van der Waals surface area contributed by atoms with Gasteiger partial charge in [-0.05, 0) is 12.1 Å². The molecular formula is C17H16N4O4S2. The third kappa shape index (κ3) is 4.67. The van der Waals surface area contributed by atoms with Crippen LogP contribution in [0.3, 0.4) is 0 Å². The molecule has 0 radical (unpaired) electrons. The summed E-state index contributed by atoms with van der Waals surface area (Å²) in [5.41, 5.74) is 1.79. The second-order valence-electron chi connectivity index (χ2n) is 5.67. The molecule has 0 aliphatic heterocycles. The lowest BCUT2D eigenvalue weighted by atomic mass is 10.2. The molecule has 3 rings (SSSR count). The van der Waals surface area contributed by atoms with Crippen LogP contribution in [0.4, 0.5) is 11.4 Å². The predicted octanol–water partition coefficient (Wildman–Crippen LogP) is 3.02. The van der Waals surface area contributed by atoms with E-state index in [0.29, 0.717) is 13.0 Å². The molecule has 2 aromatic carbocycles. The van der Waals surface area contributed by atoms with Crippen molar-refractivity contribution in [1.29, 1.82) is 0 Å². The van der Waals surface area contributed by atoms with Crippen LogP contribution in [0.15, 0.2) is 58.8 Å². The Hall–Kier alpha value is -2.82. The number of aromatic nitrogens is 1. The standard InChI is InChI=1S/C17H16N4O4S2/c18-27(24,25)14-6-7-15(16(10-14)21(22)23)19-9-8-13-11-26-17(20-13)12-4-2-1-3-5-12/h1-7,10-11,19H,8-9H2,(H2,18,24,25). The second kappa shape index (κ2) is 7.82. The Morgan fingerprint density at radius 2 is 1.93 bits per heavy atom. The zero-order chi connectivity index (χ0) is 19.4. The van der Waals surface area contributed by atoms with E-state index in [4.69, 9.17) is 5.14 Å². The summed E-state index contributed by atoms with van der Waals surface area (Å²) in [5, 5.41) is 22.1. The molecule has 27 heavy (non-hydrogen) atoms. The fourth-order valence-corrected chi connectivity index (χ4v) is 3.84. The number of benzene rings is 2. The molecule has 0 amide bonds. The lowest BCUT2D eigenvalue weighted by Crippen LogP contribution is -2.13. The molecule has 0 saturated heterocycles. The van der Waals surface area contributed by atoms with Gasteiger partial charge in [0.25, 0.3) is 5.69 Å². The molecule has 1 heterocycles. The van der Waals surface area contributed by atoms with Crippen LogP contribution < -0.4 is 10.5 Å². The molecule has 3 aromatic rings. The van der Waals surface area contributed by atoms with E-state index in [0.717, 1.165) is 22.3 Å². The van der Waals surface area contributed by atoms with Crippen LogP contribution in [-0.4, -0.2) is 24.9 Å². The Kier molecular flexibility index (Phi) is 5.49. The van der Waals surface area contributed by atoms with Crippen LogP contribution in [0.5, 0.6) is 0 Å². The average molecular weight is 404 g/mol. The predicted molar refractivity (Wildman–Crippen MR) is 104 cm³/mol. The number of hydrogen-bond donors (Lipinski definition) is 2. The van der Waals surface area contributed by atoms with Gasteiger partial charge in [0.05, 0.1) is 15.5 Å². The van der Waals surface area contributed by atoms with Crippen LogP contribution in [0, 0.1) is 10.1 Å². The summed E-state index contributed by atoms with van der Waals surface area (Å²) in [6.45, 7) is 0.410. The first-order chi connectivity index (χ1) is 12.8. The van der Waals surface area contributed by atoms with E-state index >= 15 is 0 Å². The lowest BCUT2D eigenvalue weighted by Gasteiger charge is -2.07. The zero-order valence-corrected chi connectivity index (χ0v) is 15.7. The number of primary sulfonamides is 1. The summed E-state index contributed by atoms with van der Waals surface area (Å²) in [6, 6.07) is 13.3. The summed E-state index contributed by atoms with van der Waals surface area (Å²) < 4.78 is 22.7. The minimum atomic E-state index is -4.00. The van der Waals surface area contributed by atoms with E-state index in [1.807, 2.05) is 35.7 Å². The Balaban J connectivity index is 1.69. The maximum atomic E-state index is 11.4. The Morgan fingerprint density at radius 3 is 2.59 bits per heavy atom. The summed E-state index contributed by atoms with van der Waals surface area (Å²) in [5.74, 6) is 0. The van der Waals surface area contributed by atoms with Gasteiger partial charge in [-0.3, -0.25) is 10.1 Å². The minimum Gasteiger partial charge on any atom is -0.379 e. The number of nitrogens with one attached hydrogen (secondary N) is 1. The number of nitro groups is 1. The quantitative estimate of drug-likeness (QED) is 0.460. The first kappa shape index (κ1) is 19.0. The van der Waals surface area contributed by atoms with Crippen molar-refractivity contribution in [3.8, 4) is 10.6 Å². The van der Waals surface area contributed by atoms with Crippen molar-refractivity contribution >= 4 is 32.7 Å². The molecule has 10 heteroatoms. The highest BCUT2D eigenvalue weighted by molar-refractivity contribution is 7.89. The van der Waals surface area contributed by atoms with E-state index in [9.17, 15) is 18.5 Å². The van der Waals surface area contributed by atoms with Gasteiger partial charge in [0.1, 0.15) is 10.7 Å². The SMILES string of the molecule is NS(=O)(=O)c1ccc(NCCc2csc(-c3ccccc3)n2)c([N+](=O)[O-])c1. The van der Waals surface area contributed by atoms with Gasteiger partial charge in [-0.1, -0.05) is 30.3 Å². The second-order valence-corrected chi connectivity index (χ2v) is 8.09. The van der Waals surface area contributed by atoms with Crippen molar-refractivity contribution < 1.29 is 13.3 Å². The molecular weight excluding hydrogens is 388 g/mol. The Morgan fingerprint density at radius 1 is 1.19 bits per heavy atom. The van der Waals surface area contributed by atoms with Gasteiger partial charge >= 0.3 is 0 Å². The Bertz CT molecular complexity index is 1070. The number of sulfonamides is 1. The largest absolute Gasteiger partial charge is 0.379 e. The molecule has 0 bridgehead atoms. The third-order valence-corrected chi connectivity index (χ3v) is 5.61. The van der Waals surface area contributed by atoms with Gasteiger partial charge < -0.3 is 5.32 Å². The molecule has 140 valence electrons. The maximum Gasteiger partial charge on any atom is 0.293 e. The van der Waals surface area contributed by atoms with Gasteiger partial charge in [0, 0.05) is 30.0 Å². The highest BCUT2D eigenvalue weighted by Crippen LogP contribution is 2.27. The van der Waals surface area contributed by atoms with Crippen LogP contribution in [0.25, 0.3) is 10.6 Å². The van der Waals surface area contributed by atoms with Crippen LogP contribution in [0.2, 0.25) is 0 Å². The van der Waals surface area contributed by atoms with Gasteiger partial charge in [-0.25, -0.2) is 18.5 Å². The number of anilines is 1. The van der Waals surface area contributed by atoms with E-state index in [2.05, 4.69) is 10.3 Å². The molecule has 0 aliphatic rings. The number of hydrogen-bond acceptors (Lipinski definition) is 7. The maximum absolute atomic E-state index is 11.4. The molecule has 0 saturated carbocycles. The fraction of sp³-hybridized carbons (Fsp3) is 0.118. The van der Waals surface area contributed by atoms with Gasteiger partial charge in [-0.2, -0.15) is 0 Å². The highest BCUT2D eigenvalue weighted by Gasteiger charge is 2.18. The van der Waals surface area contributed by atoms with Crippen molar-refractivity contribution in [3.63, 3.8) is 0 Å². The molecule has 8 nitrogen and oxygen atoms in total. The number of rotatable bonds is 7.